The van der Waals surface area contributed by atoms with Gasteiger partial charge in [0.1, 0.15) is 0 Å². The molecule has 3 aliphatic carbocycles. The third-order valence-electron chi connectivity index (χ3n) is 8.61. The minimum absolute atomic E-state index is 0.145. The summed E-state index contributed by atoms with van der Waals surface area (Å²) in [6.07, 6.45) is 13.7. The van der Waals surface area contributed by atoms with Crippen molar-refractivity contribution in [3.63, 3.8) is 0 Å². The Bertz CT molecular complexity index is 1080. The van der Waals surface area contributed by atoms with Gasteiger partial charge in [-0.3, -0.25) is 0 Å². The van der Waals surface area contributed by atoms with Crippen LogP contribution < -0.4 is 0 Å². The van der Waals surface area contributed by atoms with Gasteiger partial charge >= 0.3 is 91.2 Å². The first kappa shape index (κ1) is 29.9. The van der Waals surface area contributed by atoms with Gasteiger partial charge in [0.2, 0.25) is 0 Å². The number of fused-ring (bicyclic) bond motifs is 3. The Morgan fingerprint density at radius 3 is 1.79 bits per heavy atom. The molecule has 3 aromatic carbocycles. The number of benzene rings is 2. The molecule has 0 spiro atoms. The Morgan fingerprint density at radius 2 is 1.32 bits per heavy atom. The smallest absolute Gasteiger partial charge is 0.172 e. The van der Waals surface area contributed by atoms with E-state index in [1.54, 1.807) is 51.4 Å². The maximum Gasteiger partial charge on any atom is -0.172 e. The molecule has 3 aromatic rings. The molecule has 3 aliphatic rings. The molecule has 0 aliphatic heterocycles. The summed E-state index contributed by atoms with van der Waals surface area (Å²) in [4.78, 5) is 0. The van der Waals surface area contributed by atoms with Gasteiger partial charge in [0.15, 0.2) is 0 Å². The molecule has 2 saturated carbocycles. The van der Waals surface area contributed by atoms with Gasteiger partial charge in [0.25, 0.3) is 0 Å². The second-order valence-corrected chi connectivity index (χ2v) is 20.5. The van der Waals surface area contributed by atoms with Gasteiger partial charge < -0.3 is 0 Å². The predicted octanol–water partition coefficient (Wildman–Crippen LogP) is 10.5. The molecule has 2 heteroatoms. The molecule has 0 saturated heterocycles. The van der Waals surface area contributed by atoms with Crippen molar-refractivity contribution >= 4 is 5.43 Å². The molecule has 38 heavy (non-hydrogen) atoms. The van der Waals surface area contributed by atoms with Crippen LogP contribution in [0.2, 0.25) is 11.1 Å². The Labute approximate surface area is 248 Å². The maximum atomic E-state index is 3.67. The fourth-order valence-electron chi connectivity index (χ4n) is 6.16. The van der Waals surface area contributed by atoms with Crippen molar-refractivity contribution in [3.05, 3.63) is 89.0 Å². The van der Waals surface area contributed by atoms with Crippen LogP contribution in [0.15, 0.2) is 60.7 Å². The van der Waals surface area contributed by atoms with Crippen molar-refractivity contribution in [1.29, 1.82) is 0 Å². The van der Waals surface area contributed by atoms with Crippen LogP contribution in [-0.4, -0.2) is 5.43 Å². The van der Waals surface area contributed by atoms with E-state index in [1.165, 1.54) is 44.5 Å². The quantitative estimate of drug-likeness (QED) is 0.159. The van der Waals surface area contributed by atoms with Gasteiger partial charge in [0, 0.05) is 0 Å². The number of hydrogen-bond donors (Lipinski definition) is 0. The topological polar surface area (TPSA) is 0 Å². The van der Waals surface area contributed by atoms with E-state index < -0.39 is 0 Å². The second-order valence-electron chi connectivity index (χ2n) is 13.7. The maximum absolute atomic E-state index is 3.67. The van der Waals surface area contributed by atoms with Gasteiger partial charge in [-0.15, -0.1) is 11.1 Å². The molecule has 0 amide bonds. The summed E-state index contributed by atoms with van der Waals surface area (Å²) in [5.41, 5.74) is 11.3. The second kappa shape index (κ2) is 13.0. The third-order valence-corrected chi connectivity index (χ3v) is 17.5. The molecule has 0 unspecified atom stereocenters. The molecule has 200 valence electrons. The summed E-state index contributed by atoms with van der Waals surface area (Å²) in [6, 6.07) is 25.2. The van der Waals surface area contributed by atoms with Crippen molar-refractivity contribution < 1.29 is 23.3 Å². The average Bonchev–Trinajstić information content (AvgIpc) is 3.70. The SMILES string of the molecule is CC(C)(C)c1[c-]c2c(cc1)-c1ccc(C(C)(C)C)cc1C2.[Zr+2]=[Si](C1CCCC1)C1CCCC1.c1cc[cH-]c1. The molecular weight excluding hydrogens is 552 g/mol. The molecule has 2 fully saturated rings. The van der Waals surface area contributed by atoms with E-state index in [-0.39, 0.29) is 16.3 Å². The average molecular weight is 600 g/mol. The van der Waals surface area contributed by atoms with E-state index in [0.29, 0.717) is 0 Å². The van der Waals surface area contributed by atoms with Crippen LogP contribution in [-0.2, 0) is 40.6 Å². The van der Waals surface area contributed by atoms with Crippen molar-refractivity contribution in [2.45, 2.75) is 121 Å². The molecule has 6 rings (SSSR count). The summed E-state index contributed by atoms with van der Waals surface area (Å²) < 4.78 is 0. The fourth-order valence-corrected chi connectivity index (χ4v) is 13.1. The minimum Gasteiger partial charge on any atom is -0.214 e. The molecule has 0 bridgehead atoms. The van der Waals surface area contributed by atoms with Gasteiger partial charge in [-0.25, -0.2) is 12.1 Å². The molecular formula is C36H48SiZr. The van der Waals surface area contributed by atoms with Crippen molar-refractivity contribution in [3.8, 4) is 11.1 Å². The number of rotatable bonds is 2. The van der Waals surface area contributed by atoms with Crippen LogP contribution in [0.4, 0.5) is 0 Å². The Balaban J connectivity index is 0.000000164. The summed E-state index contributed by atoms with van der Waals surface area (Å²) in [7, 11) is 0. The zero-order chi connectivity index (χ0) is 27.3. The fraction of sp³-hybridized carbons (Fsp3) is 0.528. The van der Waals surface area contributed by atoms with Crippen molar-refractivity contribution in [1.82, 2.24) is 0 Å². The van der Waals surface area contributed by atoms with Gasteiger partial charge in [-0.1, -0.05) is 65.3 Å². The Kier molecular flexibility index (Phi) is 10.2. The predicted molar refractivity (Wildman–Crippen MR) is 163 cm³/mol. The molecule has 0 radical (unpaired) electrons. The van der Waals surface area contributed by atoms with Crippen LogP contribution in [0, 0.1) is 6.07 Å². The van der Waals surface area contributed by atoms with E-state index in [9.17, 15) is 0 Å². The van der Waals surface area contributed by atoms with Gasteiger partial charge in [0.05, 0.1) is 0 Å². The van der Waals surface area contributed by atoms with Crippen LogP contribution in [0.5, 0.6) is 0 Å². The molecule has 0 heterocycles. The normalized spacial score (nSPS) is 17.3. The van der Waals surface area contributed by atoms with Gasteiger partial charge in [-0.05, 0) is 28.4 Å². The van der Waals surface area contributed by atoms with E-state index >= 15 is 0 Å². The van der Waals surface area contributed by atoms with E-state index in [2.05, 4.69) is 77.9 Å². The Hall–Kier alpha value is -1.11. The summed E-state index contributed by atoms with van der Waals surface area (Å²) >= 11 is 1.94. The number of hydrogen-bond acceptors (Lipinski definition) is 0. The van der Waals surface area contributed by atoms with Crippen molar-refractivity contribution in [2.75, 3.05) is 0 Å². The van der Waals surface area contributed by atoms with Gasteiger partial charge in [-0.2, -0.15) is 42.0 Å². The first-order valence-electron chi connectivity index (χ1n) is 15.0. The summed E-state index contributed by atoms with van der Waals surface area (Å²) in [5, 5.41) is 0. The van der Waals surface area contributed by atoms with Crippen LogP contribution in [0.1, 0.15) is 115 Å². The van der Waals surface area contributed by atoms with E-state index in [1.807, 2.05) is 53.7 Å². The summed E-state index contributed by atoms with van der Waals surface area (Å²) in [6.45, 7) is 13.6. The first-order chi connectivity index (χ1) is 18.0. The zero-order valence-electron chi connectivity index (χ0n) is 24.8. The monoisotopic (exact) mass is 598 g/mol. The first-order valence-corrected chi connectivity index (χ1v) is 20.3. The molecule has 0 N–H and O–H groups in total. The minimum atomic E-state index is 0.145. The molecule has 0 atom stereocenters. The standard InChI is InChI=1S/C21H25.C10H18Si.C5H5.Zr/c1-20(2,3)16-7-9-18-14(12-16)11-15-13-17(21(4,5)6)8-10-19(15)18;1-2-6-9(5-1)11-10-7-3-4-8-10;1-2-4-5-3-1;/h7-10,12H,11H2,1-6H3;9-10H,1-8H2;1-5H;/q-1;;-1;+2. The van der Waals surface area contributed by atoms with Crippen LogP contribution in [0.25, 0.3) is 11.1 Å². The van der Waals surface area contributed by atoms with E-state index in [0.717, 1.165) is 6.42 Å². The van der Waals surface area contributed by atoms with Crippen molar-refractivity contribution in [2.24, 2.45) is 0 Å². The Morgan fingerprint density at radius 1 is 0.763 bits per heavy atom. The zero-order valence-corrected chi connectivity index (χ0v) is 28.3. The largest absolute Gasteiger partial charge is 0.214 e. The van der Waals surface area contributed by atoms with Crippen LogP contribution in [0.3, 0.4) is 0 Å². The van der Waals surface area contributed by atoms with E-state index in [4.69, 9.17) is 0 Å². The summed E-state index contributed by atoms with van der Waals surface area (Å²) in [5.74, 6) is 0. The molecule has 0 nitrogen and oxygen atoms in total. The molecule has 0 aromatic heterocycles. The third kappa shape index (κ3) is 7.75. The van der Waals surface area contributed by atoms with Crippen LogP contribution >= 0.6 is 0 Å².